The lowest BCUT2D eigenvalue weighted by Crippen LogP contribution is -2.10. The zero-order chi connectivity index (χ0) is 12.9. The van der Waals surface area contributed by atoms with E-state index >= 15 is 0 Å². The molecule has 1 N–H and O–H groups in total. The molecule has 2 nitrogen and oxygen atoms in total. The van der Waals surface area contributed by atoms with E-state index in [1.807, 2.05) is 0 Å². The molecule has 0 aliphatic heterocycles. The van der Waals surface area contributed by atoms with Crippen molar-refractivity contribution in [3.8, 4) is 5.75 Å². The van der Waals surface area contributed by atoms with Crippen LogP contribution in [0.25, 0.3) is 0 Å². The fraction of sp³-hybridized carbons (Fsp3) is 0.455. The first-order valence-electron chi connectivity index (χ1n) is 5.01. The predicted molar refractivity (Wildman–Crippen MR) is 53.1 cm³/mol. The van der Waals surface area contributed by atoms with Gasteiger partial charge in [0, 0.05) is 6.42 Å². The molecule has 96 valence electrons. The fourth-order valence-electron chi connectivity index (χ4n) is 1.21. The Morgan fingerprint density at radius 1 is 1.24 bits per heavy atom. The van der Waals surface area contributed by atoms with Crippen LogP contribution in [0.5, 0.6) is 5.75 Å². The summed E-state index contributed by atoms with van der Waals surface area (Å²) in [5.41, 5.74) is 0.380. The van der Waals surface area contributed by atoms with Crippen molar-refractivity contribution in [3.63, 3.8) is 0 Å². The molecule has 0 spiro atoms. The van der Waals surface area contributed by atoms with Crippen LogP contribution in [-0.2, 0) is 6.61 Å². The molecule has 17 heavy (non-hydrogen) atoms. The van der Waals surface area contributed by atoms with Crippen LogP contribution in [0.3, 0.4) is 0 Å². The molecule has 1 rings (SSSR count). The maximum Gasteiger partial charge on any atom is 0.389 e. The number of aliphatic hydroxyl groups is 1. The molecule has 6 heteroatoms. The van der Waals surface area contributed by atoms with Crippen molar-refractivity contribution >= 4 is 0 Å². The van der Waals surface area contributed by atoms with Crippen molar-refractivity contribution < 1.29 is 27.4 Å². The zero-order valence-corrected chi connectivity index (χ0v) is 8.93. The van der Waals surface area contributed by atoms with Crippen molar-refractivity contribution in [2.75, 3.05) is 6.61 Å². The predicted octanol–water partition coefficient (Wildman–Crippen LogP) is 3.04. The molecular weight excluding hydrogens is 240 g/mol. The third-order valence-corrected chi connectivity index (χ3v) is 2.04. The summed E-state index contributed by atoms with van der Waals surface area (Å²) in [7, 11) is 0. The van der Waals surface area contributed by atoms with Crippen molar-refractivity contribution in [1.29, 1.82) is 0 Å². The van der Waals surface area contributed by atoms with E-state index in [9.17, 15) is 17.6 Å². The monoisotopic (exact) mass is 252 g/mol. The molecule has 0 unspecified atom stereocenters. The van der Waals surface area contributed by atoms with Crippen LogP contribution in [-0.4, -0.2) is 17.9 Å². The van der Waals surface area contributed by atoms with E-state index < -0.39 is 18.4 Å². The smallest absolute Gasteiger partial charge is 0.389 e. The van der Waals surface area contributed by atoms with E-state index in [0.717, 1.165) is 6.07 Å². The molecule has 0 bridgehead atoms. The summed E-state index contributed by atoms with van der Waals surface area (Å²) in [6.07, 6.45) is -5.39. The third-order valence-electron chi connectivity index (χ3n) is 2.04. The van der Waals surface area contributed by atoms with Crippen molar-refractivity contribution in [3.05, 3.63) is 29.6 Å². The molecule has 0 atom stereocenters. The van der Waals surface area contributed by atoms with Gasteiger partial charge in [-0.15, -0.1) is 0 Å². The van der Waals surface area contributed by atoms with E-state index in [0.29, 0.717) is 5.56 Å². The van der Waals surface area contributed by atoms with Crippen LogP contribution in [0, 0.1) is 5.82 Å². The minimum Gasteiger partial charge on any atom is -0.491 e. The molecule has 0 saturated carbocycles. The van der Waals surface area contributed by atoms with Crippen molar-refractivity contribution in [1.82, 2.24) is 0 Å². The van der Waals surface area contributed by atoms with E-state index in [1.54, 1.807) is 0 Å². The van der Waals surface area contributed by atoms with Gasteiger partial charge in [-0.25, -0.2) is 4.39 Å². The third kappa shape index (κ3) is 5.04. The molecular formula is C11H12F4O2. The standard InChI is InChI=1S/C11H12F4O2/c12-9-6-8(7-16)2-3-10(9)17-5-1-4-11(13,14)15/h2-3,6,16H,1,4-5,7H2. The van der Waals surface area contributed by atoms with E-state index in [2.05, 4.69) is 0 Å². The molecule has 0 aromatic heterocycles. The maximum atomic E-state index is 13.2. The summed E-state index contributed by atoms with van der Waals surface area (Å²) in [5, 5.41) is 8.72. The van der Waals surface area contributed by atoms with Crippen LogP contribution in [0.2, 0.25) is 0 Å². The highest BCUT2D eigenvalue weighted by atomic mass is 19.4. The normalized spacial score (nSPS) is 11.6. The Labute approximate surface area is 95.8 Å². The minimum atomic E-state index is -4.22. The Hall–Kier alpha value is -1.30. The number of aliphatic hydroxyl groups excluding tert-OH is 1. The van der Waals surface area contributed by atoms with Gasteiger partial charge in [0.05, 0.1) is 13.2 Å². The Bertz CT molecular complexity index is 363. The van der Waals surface area contributed by atoms with Gasteiger partial charge in [-0.2, -0.15) is 13.2 Å². The molecule has 0 heterocycles. The van der Waals surface area contributed by atoms with Gasteiger partial charge >= 0.3 is 6.18 Å². The quantitative estimate of drug-likeness (QED) is 0.644. The summed E-state index contributed by atoms with van der Waals surface area (Å²) in [5.74, 6) is -0.798. The topological polar surface area (TPSA) is 29.5 Å². The summed E-state index contributed by atoms with van der Waals surface area (Å²) in [4.78, 5) is 0. The summed E-state index contributed by atoms with van der Waals surface area (Å²) >= 11 is 0. The average molecular weight is 252 g/mol. The van der Waals surface area contributed by atoms with Crippen LogP contribution in [0.1, 0.15) is 18.4 Å². The first kappa shape index (κ1) is 13.8. The van der Waals surface area contributed by atoms with Gasteiger partial charge in [-0.3, -0.25) is 0 Å². The Kier molecular flexibility index (Phi) is 4.74. The second-order valence-electron chi connectivity index (χ2n) is 3.49. The lowest BCUT2D eigenvalue weighted by Gasteiger charge is -2.09. The van der Waals surface area contributed by atoms with Gasteiger partial charge in [-0.1, -0.05) is 6.07 Å². The highest BCUT2D eigenvalue weighted by Gasteiger charge is 2.26. The van der Waals surface area contributed by atoms with Crippen LogP contribution >= 0.6 is 0 Å². The van der Waals surface area contributed by atoms with Gasteiger partial charge in [0.1, 0.15) is 0 Å². The van der Waals surface area contributed by atoms with E-state index in [4.69, 9.17) is 9.84 Å². The van der Waals surface area contributed by atoms with Gasteiger partial charge in [-0.05, 0) is 24.1 Å². The SMILES string of the molecule is OCc1ccc(OCCCC(F)(F)F)c(F)c1. The van der Waals surface area contributed by atoms with E-state index in [-0.39, 0.29) is 25.4 Å². The minimum absolute atomic E-state index is 0.107. The molecule has 1 aromatic carbocycles. The summed E-state index contributed by atoms with van der Waals surface area (Å²) in [6.45, 7) is -0.500. The van der Waals surface area contributed by atoms with Gasteiger partial charge in [0.25, 0.3) is 0 Å². The van der Waals surface area contributed by atoms with Gasteiger partial charge in [0.2, 0.25) is 0 Å². The lowest BCUT2D eigenvalue weighted by molar-refractivity contribution is -0.136. The first-order valence-corrected chi connectivity index (χ1v) is 5.01. The number of halogens is 4. The number of alkyl halides is 3. The molecule has 0 saturated heterocycles. The molecule has 0 aliphatic carbocycles. The van der Waals surface area contributed by atoms with Crippen LogP contribution < -0.4 is 4.74 Å². The van der Waals surface area contributed by atoms with Crippen molar-refractivity contribution in [2.24, 2.45) is 0 Å². The molecule has 0 radical (unpaired) electrons. The molecule has 0 fully saturated rings. The van der Waals surface area contributed by atoms with Crippen molar-refractivity contribution in [2.45, 2.75) is 25.6 Å². The fourth-order valence-corrected chi connectivity index (χ4v) is 1.21. The Morgan fingerprint density at radius 3 is 2.47 bits per heavy atom. The van der Waals surface area contributed by atoms with E-state index in [1.165, 1.54) is 12.1 Å². The molecule has 1 aromatic rings. The second-order valence-corrected chi connectivity index (χ2v) is 3.49. The Morgan fingerprint density at radius 2 is 1.94 bits per heavy atom. The Balaban J connectivity index is 2.42. The average Bonchev–Trinajstić information content (AvgIpc) is 2.24. The van der Waals surface area contributed by atoms with Crippen LogP contribution in [0.15, 0.2) is 18.2 Å². The number of hydrogen-bond donors (Lipinski definition) is 1. The lowest BCUT2D eigenvalue weighted by atomic mass is 10.2. The maximum absolute atomic E-state index is 13.2. The van der Waals surface area contributed by atoms with Crippen LogP contribution in [0.4, 0.5) is 17.6 Å². The van der Waals surface area contributed by atoms with Gasteiger partial charge in [0.15, 0.2) is 11.6 Å². The number of ether oxygens (including phenoxy) is 1. The second kappa shape index (κ2) is 5.86. The number of benzene rings is 1. The first-order chi connectivity index (χ1) is 7.92. The number of rotatable bonds is 5. The molecule has 0 amide bonds. The summed E-state index contributed by atoms with van der Waals surface area (Å²) < 4.78 is 53.5. The van der Waals surface area contributed by atoms with Gasteiger partial charge < -0.3 is 9.84 Å². The largest absolute Gasteiger partial charge is 0.491 e. The number of hydrogen-bond acceptors (Lipinski definition) is 2. The highest BCUT2D eigenvalue weighted by Crippen LogP contribution is 2.22. The summed E-state index contributed by atoms with van der Waals surface area (Å²) in [6, 6.07) is 3.82. The zero-order valence-electron chi connectivity index (χ0n) is 8.93. The molecule has 0 aliphatic rings. The highest BCUT2D eigenvalue weighted by molar-refractivity contribution is 5.28.